The topological polar surface area (TPSA) is 61.4 Å². The molecule has 1 saturated carbocycles. The molecule has 0 aliphatic heterocycles. The van der Waals surface area contributed by atoms with Crippen molar-refractivity contribution in [3.8, 4) is 0 Å². The maximum Gasteiger partial charge on any atom is 0.221 e. The normalized spacial score (nSPS) is 15.5. The molecule has 1 aliphatic carbocycles. The number of carbonyl (C=O) groups is 1. The summed E-state index contributed by atoms with van der Waals surface area (Å²) in [6, 6.07) is 14.0. The second-order valence-corrected chi connectivity index (χ2v) is 7.05. The van der Waals surface area contributed by atoms with Crippen LogP contribution in [0.4, 0.5) is 5.69 Å². The maximum atomic E-state index is 11.2. The minimum atomic E-state index is -0.595. The van der Waals surface area contributed by atoms with E-state index >= 15 is 0 Å². The van der Waals surface area contributed by atoms with Crippen molar-refractivity contribution in [2.45, 2.75) is 45.3 Å². The van der Waals surface area contributed by atoms with Crippen molar-refractivity contribution < 1.29 is 9.90 Å². The lowest BCUT2D eigenvalue weighted by atomic mass is 9.75. The van der Waals surface area contributed by atoms with Crippen LogP contribution < -0.4 is 10.6 Å². The van der Waals surface area contributed by atoms with Crippen LogP contribution in [0.2, 0.25) is 0 Å². The summed E-state index contributed by atoms with van der Waals surface area (Å²) in [5.74, 6) is -0.0723. The molecule has 3 N–H and O–H groups in total. The smallest absolute Gasteiger partial charge is 0.221 e. The van der Waals surface area contributed by atoms with Gasteiger partial charge in [-0.3, -0.25) is 4.79 Å². The molecule has 1 aliphatic rings. The molecule has 1 amide bonds. The molecule has 4 heteroatoms. The average Bonchev–Trinajstić information content (AvgIpc) is 2.59. The van der Waals surface area contributed by atoms with Crippen molar-refractivity contribution in [3.05, 3.63) is 70.9 Å². The zero-order valence-corrected chi connectivity index (χ0v) is 15.4. The average molecular weight is 350 g/mol. The van der Waals surface area contributed by atoms with Crippen molar-refractivity contribution in [3.63, 3.8) is 0 Å². The zero-order valence-electron chi connectivity index (χ0n) is 15.4. The highest BCUT2D eigenvalue weighted by molar-refractivity contribution is 5.89. The SMILES string of the molecule is CC(=O)Nc1ccc(C)c(/C=C\NCc2ccc(C3(O)CCC3)cc2)c1. The van der Waals surface area contributed by atoms with E-state index in [1.165, 1.54) is 12.5 Å². The van der Waals surface area contributed by atoms with Gasteiger partial charge in [0.25, 0.3) is 0 Å². The Morgan fingerprint density at radius 2 is 1.92 bits per heavy atom. The molecular weight excluding hydrogens is 324 g/mol. The van der Waals surface area contributed by atoms with Gasteiger partial charge in [0.1, 0.15) is 0 Å². The zero-order chi connectivity index (χ0) is 18.6. The fourth-order valence-electron chi connectivity index (χ4n) is 3.16. The largest absolute Gasteiger partial charge is 0.387 e. The van der Waals surface area contributed by atoms with Crippen molar-refractivity contribution in [2.24, 2.45) is 0 Å². The number of carbonyl (C=O) groups excluding carboxylic acids is 1. The van der Waals surface area contributed by atoms with Crippen LogP contribution in [-0.2, 0) is 16.9 Å². The quantitative estimate of drug-likeness (QED) is 0.735. The molecule has 0 atom stereocenters. The first-order valence-corrected chi connectivity index (χ1v) is 9.06. The second-order valence-electron chi connectivity index (χ2n) is 7.05. The molecule has 0 unspecified atom stereocenters. The minimum absolute atomic E-state index is 0.0723. The molecule has 0 spiro atoms. The van der Waals surface area contributed by atoms with E-state index in [1.54, 1.807) is 0 Å². The summed E-state index contributed by atoms with van der Waals surface area (Å²) < 4.78 is 0. The lowest BCUT2D eigenvalue weighted by Gasteiger charge is -2.37. The van der Waals surface area contributed by atoms with Crippen molar-refractivity contribution in [1.82, 2.24) is 5.32 Å². The number of aryl methyl sites for hydroxylation is 1. The molecule has 26 heavy (non-hydrogen) atoms. The van der Waals surface area contributed by atoms with E-state index < -0.39 is 5.60 Å². The summed E-state index contributed by atoms with van der Waals surface area (Å²) in [6.45, 7) is 4.27. The lowest BCUT2D eigenvalue weighted by Crippen LogP contribution is -2.33. The van der Waals surface area contributed by atoms with Gasteiger partial charge in [-0.2, -0.15) is 0 Å². The van der Waals surface area contributed by atoms with Crippen LogP contribution in [0.3, 0.4) is 0 Å². The molecule has 2 aromatic carbocycles. The van der Waals surface area contributed by atoms with Gasteiger partial charge in [0, 0.05) is 19.2 Å². The van der Waals surface area contributed by atoms with Gasteiger partial charge in [-0.15, -0.1) is 0 Å². The predicted molar refractivity (Wildman–Crippen MR) is 106 cm³/mol. The van der Waals surface area contributed by atoms with Crippen LogP contribution in [0.15, 0.2) is 48.7 Å². The van der Waals surface area contributed by atoms with Crippen LogP contribution in [0, 0.1) is 6.92 Å². The number of rotatable bonds is 6. The molecule has 0 bridgehead atoms. The van der Waals surface area contributed by atoms with E-state index in [1.807, 2.05) is 49.5 Å². The van der Waals surface area contributed by atoms with E-state index in [9.17, 15) is 9.90 Å². The Morgan fingerprint density at radius 1 is 1.19 bits per heavy atom. The number of hydrogen-bond acceptors (Lipinski definition) is 3. The number of nitrogens with one attached hydrogen (secondary N) is 2. The van der Waals surface area contributed by atoms with E-state index in [4.69, 9.17) is 0 Å². The summed E-state index contributed by atoms with van der Waals surface area (Å²) in [4.78, 5) is 11.2. The highest BCUT2D eigenvalue weighted by atomic mass is 16.3. The maximum absolute atomic E-state index is 11.2. The van der Waals surface area contributed by atoms with Crippen molar-refractivity contribution in [2.75, 3.05) is 5.32 Å². The Morgan fingerprint density at radius 3 is 2.54 bits per heavy atom. The summed E-state index contributed by atoms with van der Waals surface area (Å²) in [5, 5.41) is 16.5. The van der Waals surface area contributed by atoms with Gasteiger partial charge >= 0.3 is 0 Å². The van der Waals surface area contributed by atoms with E-state index in [-0.39, 0.29) is 5.91 Å². The lowest BCUT2D eigenvalue weighted by molar-refractivity contribution is -0.114. The van der Waals surface area contributed by atoms with Crippen LogP contribution in [0.25, 0.3) is 6.08 Å². The first kappa shape index (κ1) is 18.2. The Bertz CT molecular complexity index is 805. The van der Waals surface area contributed by atoms with Crippen molar-refractivity contribution >= 4 is 17.7 Å². The fraction of sp³-hybridized carbons (Fsp3) is 0.318. The second kappa shape index (κ2) is 7.75. The predicted octanol–water partition coefficient (Wildman–Crippen LogP) is 4.09. The molecule has 2 aromatic rings. The van der Waals surface area contributed by atoms with Gasteiger partial charge < -0.3 is 15.7 Å². The number of benzene rings is 2. The number of anilines is 1. The van der Waals surface area contributed by atoms with Gasteiger partial charge in [0.05, 0.1) is 5.60 Å². The van der Waals surface area contributed by atoms with Crippen LogP contribution >= 0.6 is 0 Å². The summed E-state index contributed by atoms with van der Waals surface area (Å²) in [5.41, 5.74) is 4.61. The summed E-state index contributed by atoms with van der Waals surface area (Å²) in [7, 11) is 0. The van der Waals surface area contributed by atoms with Crippen LogP contribution in [-0.4, -0.2) is 11.0 Å². The minimum Gasteiger partial charge on any atom is -0.387 e. The highest BCUT2D eigenvalue weighted by Crippen LogP contribution is 2.40. The van der Waals surface area contributed by atoms with Gasteiger partial charge in [0.2, 0.25) is 5.91 Å². The molecule has 136 valence electrons. The molecule has 0 radical (unpaired) electrons. The van der Waals surface area contributed by atoms with Gasteiger partial charge in [-0.05, 0) is 72.8 Å². The molecular formula is C22H26N2O2. The Hall–Kier alpha value is -2.59. The van der Waals surface area contributed by atoms with Gasteiger partial charge in [0.15, 0.2) is 0 Å². The van der Waals surface area contributed by atoms with Crippen LogP contribution in [0.5, 0.6) is 0 Å². The fourth-order valence-corrected chi connectivity index (χ4v) is 3.16. The summed E-state index contributed by atoms with van der Waals surface area (Å²) in [6.07, 6.45) is 6.76. The Labute approximate surface area is 154 Å². The van der Waals surface area contributed by atoms with Crippen molar-refractivity contribution in [1.29, 1.82) is 0 Å². The number of hydrogen-bond donors (Lipinski definition) is 3. The number of aliphatic hydroxyl groups is 1. The van der Waals surface area contributed by atoms with Crippen LogP contribution in [0.1, 0.15) is 48.4 Å². The van der Waals surface area contributed by atoms with Gasteiger partial charge in [-0.25, -0.2) is 0 Å². The first-order chi connectivity index (χ1) is 12.5. The van der Waals surface area contributed by atoms with E-state index in [0.717, 1.165) is 48.2 Å². The Balaban J connectivity index is 1.56. The molecule has 4 nitrogen and oxygen atoms in total. The third-order valence-corrected chi connectivity index (χ3v) is 4.96. The van der Waals surface area contributed by atoms with E-state index in [0.29, 0.717) is 0 Å². The van der Waals surface area contributed by atoms with Gasteiger partial charge in [-0.1, -0.05) is 30.3 Å². The summed E-state index contributed by atoms with van der Waals surface area (Å²) >= 11 is 0. The van der Waals surface area contributed by atoms with E-state index in [2.05, 4.69) is 22.8 Å². The first-order valence-electron chi connectivity index (χ1n) is 9.06. The highest BCUT2D eigenvalue weighted by Gasteiger charge is 2.35. The molecule has 0 saturated heterocycles. The standard InChI is InChI=1S/C22H26N2O2/c1-16-4-9-21(24-17(2)25)14-19(16)10-13-23-15-18-5-7-20(8-6-18)22(26)11-3-12-22/h4-10,13-14,23,26H,3,11-12,15H2,1-2H3,(H,24,25)/b13-10-. The molecule has 0 aromatic heterocycles. The third-order valence-electron chi connectivity index (χ3n) is 4.96. The Kier molecular flexibility index (Phi) is 5.43. The molecule has 0 heterocycles. The monoisotopic (exact) mass is 350 g/mol. The molecule has 3 rings (SSSR count). The molecule has 1 fully saturated rings. The third kappa shape index (κ3) is 4.33. The number of amides is 1.